The fourth-order valence-electron chi connectivity index (χ4n) is 2.02. The number of aromatic nitrogens is 2. The molecule has 92 valence electrons. The predicted molar refractivity (Wildman–Crippen MR) is 73.5 cm³/mol. The van der Waals surface area contributed by atoms with E-state index in [1.54, 1.807) is 18.3 Å². The summed E-state index contributed by atoms with van der Waals surface area (Å²) in [5, 5.41) is 0.962. The zero-order valence-electron chi connectivity index (χ0n) is 10.1. The summed E-state index contributed by atoms with van der Waals surface area (Å²) in [6.07, 6.45) is 3.29. The van der Waals surface area contributed by atoms with Crippen molar-refractivity contribution in [1.82, 2.24) is 9.97 Å². The third-order valence-electron chi connectivity index (χ3n) is 2.99. The summed E-state index contributed by atoms with van der Waals surface area (Å²) < 4.78 is 0. The number of nitrogens with zero attached hydrogens (tertiary/aromatic N) is 2. The average molecular weight is 249 g/mol. The minimum absolute atomic E-state index is 0.425. The van der Waals surface area contributed by atoms with E-state index in [1.165, 1.54) is 6.33 Å². The van der Waals surface area contributed by atoms with Crippen molar-refractivity contribution in [3.63, 3.8) is 0 Å². The molecule has 0 saturated heterocycles. The summed E-state index contributed by atoms with van der Waals surface area (Å²) in [4.78, 5) is 19.4. The highest BCUT2D eigenvalue weighted by molar-refractivity contribution is 5.94. The fourth-order valence-corrected chi connectivity index (χ4v) is 2.02. The van der Waals surface area contributed by atoms with Gasteiger partial charge in [-0.2, -0.15) is 0 Å². The summed E-state index contributed by atoms with van der Waals surface area (Å²) in [5.74, 6) is -0.425. The molecule has 1 amide bonds. The fraction of sp³-hybridized carbons (Fsp3) is 0. The summed E-state index contributed by atoms with van der Waals surface area (Å²) >= 11 is 0. The van der Waals surface area contributed by atoms with Gasteiger partial charge in [0.05, 0.1) is 5.52 Å². The lowest BCUT2D eigenvalue weighted by Crippen LogP contribution is -2.10. The Hall–Kier alpha value is -2.75. The summed E-state index contributed by atoms with van der Waals surface area (Å²) in [6, 6.07) is 13.1. The minimum Gasteiger partial charge on any atom is -0.366 e. The number of benzene rings is 2. The van der Waals surface area contributed by atoms with Gasteiger partial charge in [0.1, 0.15) is 6.33 Å². The molecular formula is C15H11N3O. The second-order valence-corrected chi connectivity index (χ2v) is 4.24. The van der Waals surface area contributed by atoms with Crippen LogP contribution in [0.4, 0.5) is 0 Å². The Morgan fingerprint density at radius 1 is 1.05 bits per heavy atom. The Morgan fingerprint density at radius 3 is 2.74 bits per heavy atom. The van der Waals surface area contributed by atoms with Crippen LogP contribution in [0.5, 0.6) is 0 Å². The van der Waals surface area contributed by atoms with Crippen LogP contribution < -0.4 is 5.73 Å². The molecule has 4 heteroatoms. The van der Waals surface area contributed by atoms with Crippen LogP contribution in [-0.2, 0) is 0 Å². The minimum atomic E-state index is -0.425. The van der Waals surface area contributed by atoms with Crippen LogP contribution in [-0.4, -0.2) is 15.9 Å². The normalized spacial score (nSPS) is 10.5. The Morgan fingerprint density at radius 2 is 1.89 bits per heavy atom. The molecule has 1 heterocycles. The first-order valence-electron chi connectivity index (χ1n) is 5.84. The molecular weight excluding hydrogens is 238 g/mol. The molecule has 0 fully saturated rings. The second-order valence-electron chi connectivity index (χ2n) is 4.24. The Balaban J connectivity index is 2.13. The second kappa shape index (κ2) is 4.49. The van der Waals surface area contributed by atoms with Crippen molar-refractivity contribution in [3.8, 4) is 11.1 Å². The lowest BCUT2D eigenvalue weighted by Gasteiger charge is -2.04. The van der Waals surface area contributed by atoms with E-state index in [0.717, 1.165) is 22.0 Å². The van der Waals surface area contributed by atoms with E-state index in [9.17, 15) is 4.79 Å². The van der Waals surface area contributed by atoms with Crippen molar-refractivity contribution in [2.24, 2.45) is 5.73 Å². The number of hydrogen-bond donors (Lipinski definition) is 1. The molecule has 4 nitrogen and oxygen atoms in total. The van der Waals surface area contributed by atoms with Crippen LogP contribution in [0.2, 0.25) is 0 Å². The Bertz CT molecular complexity index is 768. The number of carbonyl (C=O) groups is 1. The highest BCUT2D eigenvalue weighted by Gasteiger charge is 2.04. The first-order chi connectivity index (χ1) is 9.24. The van der Waals surface area contributed by atoms with Gasteiger partial charge in [0, 0.05) is 17.1 Å². The standard InChI is InChI=1S/C15H11N3O/c16-15(19)12-3-1-2-10(6-12)11-4-5-14-13(7-11)8-17-9-18-14/h1-9H,(H2,16,19). The van der Waals surface area contributed by atoms with Gasteiger partial charge in [0.15, 0.2) is 0 Å². The maximum atomic E-state index is 11.2. The third kappa shape index (κ3) is 2.15. The van der Waals surface area contributed by atoms with Gasteiger partial charge in [-0.1, -0.05) is 18.2 Å². The van der Waals surface area contributed by atoms with Gasteiger partial charge < -0.3 is 5.73 Å². The number of hydrogen-bond acceptors (Lipinski definition) is 3. The quantitative estimate of drug-likeness (QED) is 0.758. The van der Waals surface area contributed by atoms with Crippen molar-refractivity contribution < 1.29 is 4.79 Å². The molecule has 0 unspecified atom stereocenters. The molecule has 0 spiro atoms. The molecule has 2 N–H and O–H groups in total. The first kappa shape index (κ1) is 11.3. The molecule has 3 rings (SSSR count). The van der Waals surface area contributed by atoms with Gasteiger partial charge in [-0.3, -0.25) is 4.79 Å². The number of primary amides is 1. The molecule has 1 aromatic heterocycles. The highest BCUT2D eigenvalue weighted by Crippen LogP contribution is 2.23. The van der Waals surface area contributed by atoms with Crippen molar-refractivity contribution in [3.05, 3.63) is 60.6 Å². The zero-order valence-corrected chi connectivity index (χ0v) is 10.1. The lowest BCUT2D eigenvalue weighted by molar-refractivity contribution is 0.100. The average Bonchev–Trinajstić information content (AvgIpc) is 2.47. The van der Waals surface area contributed by atoms with Crippen LogP contribution in [0.1, 0.15) is 10.4 Å². The number of amides is 1. The van der Waals surface area contributed by atoms with Crippen molar-refractivity contribution >= 4 is 16.8 Å². The van der Waals surface area contributed by atoms with Gasteiger partial charge >= 0.3 is 0 Å². The van der Waals surface area contributed by atoms with Crippen LogP contribution in [0.15, 0.2) is 55.0 Å². The maximum absolute atomic E-state index is 11.2. The molecule has 2 aromatic carbocycles. The molecule has 0 aliphatic carbocycles. The van der Waals surface area contributed by atoms with Crippen LogP contribution in [0.3, 0.4) is 0 Å². The van der Waals surface area contributed by atoms with E-state index in [-0.39, 0.29) is 0 Å². The monoisotopic (exact) mass is 249 g/mol. The van der Waals surface area contributed by atoms with Gasteiger partial charge in [0.25, 0.3) is 0 Å². The van der Waals surface area contributed by atoms with E-state index >= 15 is 0 Å². The van der Waals surface area contributed by atoms with E-state index in [2.05, 4.69) is 9.97 Å². The topological polar surface area (TPSA) is 68.9 Å². The van der Waals surface area contributed by atoms with Gasteiger partial charge in [-0.05, 0) is 35.4 Å². The highest BCUT2D eigenvalue weighted by atomic mass is 16.1. The largest absolute Gasteiger partial charge is 0.366 e. The van der Waals surface area contributed by atoms with E-state index in [0.29, 0.717) is 5.56 Å². The molecule has 0 atom stereocenters. The molecule has 3 aromatic rings. The maximum Gasteiger partial charge on any atom is 0.248 e. The molecule has 0 aliphatic rings. The summed E-state index contributed by atoms with van der Waals surface area (Å²) in [7, 11) is 0. The number of nitrogens with two attached hydrogens (primary N) is 1. The molecule has 0 aliphatic heterocycles. The van der Waals surface area contributed by atoms with E-state index < -0.39 is 5.91 Å². The molecule has 19 heavy (non-hydrogen) atoms. The SMILES string of the molecule is NC(=O)c1cccc(-c2ccc3ncncc3c2)c1. The van der Waals surface area contributed by atoms with E-state index in [1.807, 2.05) is 30.3 Å². The molecule has 0 radical (unpaired) electrons. The third-order valence-corrected chi connectivity index (χ3v) is 2.99. The summed E-state index contributed by atoms with van der Waals surface area (Å²) in [6.45, 7) is 0. The first-order valence-corrected chi connectivity index (χ1v) is 5.84. The van der Waals surface area contributed by atoms with Gasteiger partial charge in [-0.25, -0.2) is 9.97 Å². The van der Waals surface area contributed by atoms with Crippen LogP contribution in [0, 0.1) is 0 Å². The van der Waals surface area contributed by atoms with Gasteiger partial charge in [-0.15, -0.1) is 0 Å². The zero-order chi connectivity index (χ0) is 13.2. The predicted octanol–water partition coefficient (Wildman–Crippen LogP) is 2.40. The lowest BCUT2D eigenvalue weighted by atomic mass is 10.0. The van der Waals surface area contributed by atoms with E-state index in [4.69, 9.17) is 5.73 Å². The molecule has 0 bridgehead atoms. The van der Waals surface area contributed by atoms with Crippen molar-refractivity contribution in [1.29, 1.82) is 0 Å². The van der Waals surface area contributed by atoms with Gasteiger partial charge in [0.2, 0.25) is 5.91 Å². The van der Waals surface area contributed by atoms with Crippen LogP contribution >= 0.6 is 0 Å². The van der Waals surface area contributed by atoms with Crippen molar-refractivity contribution in [2.45, 2.75) is 0 Å². The van der Waals surface area contributed by atoms with Crippen molar-refractivity contribution in [2.75, 3.05) is 0 Å². The summed E-state index contributed by atoms with van der Waals surface area (Å²) in [5.41, 5.74) is 8.64. The number of rotatable bonds is 2. The Labute approximate surface area is 109 Å². The van der Waals surface area contributed by atoms with Crippen LogP contribution in [0.25, 0.3) is 22.0 Å². The number of carbonyl (C=O) groups excluding carboxylic acids is 1. The molecule has 0 saturated carbocycles. The number of fused-ring (bicyclic) bond motifs is 1. The smallest absolute Gasteiger partial charge is 0.248 e. The Kier molecular flexibility index (Phi) is 2.68.